The zero-order valence-corrected chi connectivity index (χ0v) is 15.8. The number of hydrogen-bond acceptors (Lipinski definition) is 4. The molecule has 2 atom stereocenters. The summed E-state index contributed by atoms with van der Waals surface area (Å²) < 4.78 is 46.9. The van der Waals surface area contributed by atoms with Gasteiger partial charge < -0.3 is 19.7 Å². The summed E-state index contributed by atoms with van der Waals surface area (Å²) in [5, 5.41) is 2.79. The Labute approximate surface area is 170 Å². The molecule has 1 saturated heterocycles. The summed E-state index contributed by atoms with van der Waals surface area (Å²) >= 11 is 0. The molecule has 158 valence electrons. The molecule has 0 aliphatic carbocycles. The number of para-hydroxylation sites is 1. The van der Waals surface area contributed by atoms with E-state index < -0.39 is 24.1 Å². The first-order chi connectivity index (χ1) is 14.3. The lowest BCUT2D eigenvalue weighted by Crippen LogP contribution is -2.44. The first-order valence-corrected chi connectivity index (χ1v) is 9.51. The van der Waals surface area contributed by atoms with E-state index in [1.165, 1.54) is 23.1 Å². The average Bonchev–Trinajstić information content (AvgIpc) is 3.06. The number of carbonyl (C=O) groups is 2. The predicted molar refractivity (Wildman–Crippen MR) is 101 cm³/mol. The Balaban J connectivity index is 1.44. The van der Waals surface area contributed by atoms with Crippen molar-refractivity contribution in [1.82, 2.24) is 5.32 Å². The molecular weight excluding hydrogens is 401 g/mol. The molecule has 2 aromatic rings. The lowest BCUT2D eigenvalue weighted by molar-refractivity contribution is -0.274. The summed E-state index contributed by atoms with van der Waals surface area (Å²) in [6.45, 7) is 0.690. The Hall–Kier alpha value is -3.23. The van der Waals surface area contributed by atoms with Crippen LogP contribution in [0.25, 0.3) is 0 Å². The van der Waals surface area contributed by atoms with Gasteiger partial charge in [0.2, 0.25) is 11.8 Å². The summed E-state index contributed by atoms with van der Waals surface area (Å²) in [7, 11) is 0. The van der Waals surface area contributed by atoms with Gasteiger partial charge in [0.05, 0.1) is 12.5 Å². The van der Waals surface area contributed by atoms with Crippen molar-refractivity contribution < 1.29 is 32.2 Å². The monoisotopic (exact) mass is 420 g/mol. The zero-order chi connectivity index (χ0) is 21.3. The number of halogens is 3. The van der Waals surface area contributed by atoms with Crippen molar-refractivity contribution >= 4 is 17.5 Å². The van der Waals surface area contributed by atoms with Gasteiger partial charge in [-0.2, -0.15) is 0 Å². The zero-order valence-electron chi connectivity index (χ0n) is 15.8. The molecule has 0 saturated carbocycles. The van der Waals surface area contributed by atoms with E-state index in [0.29, 0.717) is 25.2 Å². The SMILES string of the molecule is O=C(NC1CCN(c2cccc(OC(F)(F)F)c2)C1=O)C1CCOc2ccccc21. The molecule has 2 aliphatic heterocycles. The van der Waals surface area contributed by atoms with E-state index in [-0.39, 0.29) is 24.0 Å². The van der Waals surface area contributed by atoms with Crippen LogP contribution in [-0.2, 0) is 9.59 Å². The molecule has 4 rings (SSSR count). The first kappa shape index (κ1) is 20.1. The number of fused-ring (bicyclic) bond motifs is 1. The van der Waals surface area contributed by atoms with Crippen LogP contribution in [0.15, 0.2) is 48.5 Å². The molecule has 2 heterocycles. The van der Waals surface area contributed by atoms with Gasteiger partial charge >= 0.3 is 6.36 Å². The molecule has 30 heavy (non-hydrogen) atoms. The van der Waals surface area contributed by atoms with Gasteiger partial charge in [0.1, 0.15) is 17.5 Å². The molecule has 1 fully saturated rings. The second kappa shape index (κ2) is 7.89. The van der Waals surface area contributed by atoms with Crippen molar-refractivity contribution in [3.63, 3.8) is 0 Å². The molecule has 0 spiro atoms. The van der Waals surface area contributed by atoms with Gasteiger partial charge in [-0.15, -0.1) is 13.2 Å². The summed E-state index contributed by atoms with van der Waals surface area (Å²) in [6.07, 6.45) is -3.95. The highest BCUT2D eigenvalue weighted by Gasteiger charge is 2.37. The van der Waals surface area contributed by atoms with E-state index in [0.717, 1.165) is 11.6 Å². The third-order valence-electron chi connectivity index (χ3n) is 5.16. The minimum atomic E-state index is -4.82. The number of ether oxygens (including phenoxy) is 2. The highest BCUT2D eigenvalue weighted by atomic mass is 19.4. The Bertz CT molecular complexity index is 963. The molecule has 0 aromatic heterocycles. The molecule has 2 aliphatic rings. The van der Waals surface area contributed by atoms with E-state index in [1.54, 1.807) is 6.07 Å². The molecule has 0 radical (unpaired) electrons. The molecule has 9 heteroatoms. The second-order valence-corrected chi connectivity index (χ2v) is 7.11. The Morgan fingerprint density at radius 2 is 1.93 bits per heavy atom. The topological polar surface area (TPSA) is 67.9 Å². The number of nitrogens with zero attached hydrogens (tertiary/aromatic N) is 1. The van der Waals surface area contributed by atoms with Crippen LogP contribution in [0.4, 0.5) is 18.9 Å². The van der Waals surface area contributed by atoms with E-state index in [9.17, 15) is 22.8 Å². The Kier molecular flexibility index (Phi) is 5.27. The van der Waals surface area contributed by atoms with Crippen LogP contribution in [0, 0.1) is 0 Å². The summed E-state index contributed by atoms with van der Waals surface area (Å²) in [5.74, 6) is -0.794. The lowest BCUT2D eigenvalue weighted by atomic mass is 9.92. The maximum atomic E-state index is 12.8. The fraction of sp³-hybridized carbons (Fsp3) is 0.333. The fourth-order valence-corrected chi connectivity index (χ4v) is 3.81. The largest absolute Gasteiger partial charge is 0.573 e. The highest BCUT2D eigenvalue weighted by molar-refractivity contribution is 6.02. The molecule has 0 bridgehead atoms. The quantitative estimate of drug-likeness (QED) is 0.824. The summed E-state index contributed by atoms with van der Waals surface area (Å²) in [5.41, 5.74) is 1.07. The smallest absolute Gasteiger partial charge is 0.493 e. The van der Waals surface area contributed by atoms with Crippen LogP contribution in [0.2, 0.25) is 0 Å². The van der Waals surface area contributed by atoms with Gasteiger partial charge in [0.25, 0.3) is 0 Å². The van der Waals surface area contributed by atoms with Gasteiger partial charge in [-0.25, -0.2) is 0 Å². The van der Waals surface area contributed by atoms with Crippen LogP contribution in [0.5, 0.6) is 11.5 Å². The number of benzene rings is 2. The normalized spacial score (nSPS) is 21.0. The van der Waals surface area contributed by atoms with Crippen molar-refractivity contribution in [2.75, 3.05) is 18.1 Å². The van der Waals surface area contributed by atoms with Gasteiger partial charge in [-0.1, -0.05) is 24.3 Å². The summed E-state index contributed by atoms with van der Waals surface area (Å²) in [6, 6.07) is 11.8. The molecule has 2 aromatic carbocycles. The van der Waals surface area contributed by atoms with Crippen molar-refractivity contribution in [1.29, 1.82) is 0 Å². The number of alkyl halides is 3. The molecule has 2 amide bonds. The van der Waals surface area contributed by atoms with Crippen LogP contribution in [0.1, 0.15) is 24.3 Å². The fourth-order valence-electron chi connectivity index (χ4n) is 3.81. The number of carbonyl (C=O) groups excluding carboxylic acids is 2. The Morgan fingerprint density at radius 1 is 1.13 bits per heavy atom. The number of rotatable bonds is 4. The van der Waals surface area contributed by atoms with Crippen LogP contribution in [0.3, 0.4) is 0 Å². The Morgan fingerprint density at radius 3 is 2.73 bits per heavy atom. The van der Waals surface area contributed by atoms with E-state index >= 15 is 0 Å². The molecular formula is C21H19F3N2O4. The predicted octanol–water partition coefficient (Wildman–Crippen LogP) is 3.37. The second-order valence-electron chi connectivity index (χ2n) is 7.11. The first-order valence-electron chi connectivity index (χ1n) is 9.51. The van der Waals surface area contributed by atoms with Crippen LogP contribution >= 0.6 is 0 Å². The number of nitrogens with one attached hydrogen (secondary N) is 1. The van der Waals surface area contributed by atoms with Crippen molar-refractivity contribution in [3.8, 4) is 11.5 Å². The maximum Gasteiger partial charge on any atom is 0.573 e. The summed E-state index contributed by atoms with van der Waals surface area (Å²) in [4.78, 5) is 27.0. The van der Waals surface area contributed by atoms with Crippen molar-refractivity contribution in [2.24, 2.45) is 0 Å². The minimum absolute atomic E-state index is 0.264. The maximum absolute atomic E-state index is 12.8. The van der Waals surface area contributed by atoms with Gasteiger partial charge in [-0.3, -0.25) is 9.59 Å². The third-order valence-corrected chi connectivity index (χ3v) is 5.16. The number of hydrogen-bond donors (Lipinski definition) is 1. The lowest BCUT2D eigenvalue weighted by Gasteiger charge is -2.26. The highest BCUT2D eigenvalue weighted by Crippen LogP contribution is 2.34. The standard InChI is InChI=1S/C21H19F3N2O4/c22-21(23,24)30-14-5-3-4-13(12-14)26-10-8-17(20(26)28)25-19(27)16-9-11-29-18-7-2-1-6-15(16)18/h1-7,12,16-17H,8-11H2,(H,25,27). The number of amides is 2. The number of anilines is 1. The van der Waals surface area contributed by atoms with Gasteiger partial charge in [0, 0.05) is 23.9 Å². The van der Waals surface area contributed by atoms with Crippen molar-refractivity contribution in [3.05, 3.63) is 54.1 Å². The van der Waals surface area contributed by atoms with E-state index in [4.69, 9.17) is 4.74 Å². The third kappa shape index (κ3) is 4.19. The van der Waals surface area contributed by atoms with Crippen LogP contribution < -0.4 is 19.7 Å². The molecule has 2 unspecified atom stereocenters. The average molecular weight is 420 g/mol. The van der Waals surface area contributed by atoms with E-state index in [1.807, 2.05) is 18.2 Å². The molecule has 1 N–H and O–H groups in total. The van der Waals surface area contributed by atoms with Crippen molar-refractivity contribution in [2.45, 2.75) is 31.2 Å². The van der Waals surface area contributed by atoms with Gasteiger partial charge in [0.15, 0.2) is 0 Å². The van der Waals surface area contributed by atoms with Gasteiger partial charge in [-0.05, 0) is 31.0 Å². The van der Waals surface area contributed by atoms with E-state index in [2.05, 4.69) is 10.1 Å². The van der Waals surface area contributed by atoms with Crippen LogP contribution in [-0.4, -0.2) is 37.4 Å². The minimum Gasteiger partial charge on any atom is -0.493 e. The molecule has 6 nitrogen and oxygen atoms in total.